The molecule has 2 atom stereocenters. The minimum absolute atomic E-state index is 0.0175. The predicted octanol–water partition coefficient (Wildman–Crippen LogP) is 2.73. The highest BCUT2D eigenvalue weighted by molar-refractivity contribution is 6.18. The van der Waals surface area contributed by atoms with E-state index in [1.165, 1.54) is 24.3 Å². The van der Waals surface area contributed by atoms with Crippen LogP contribution in [0.5, 0.6) is 0 Å². The van der Waals surface area contributed by atoms with Crippen molar-refractivity contribution in [3.63, 3.8) is 0 Å². The highest BCUT2D eigenvalue weighted by Crippen LogP contribution is 2.26. The summed E-state index contributed by atoms with van der Waals surface area (Å²) in [5.41, 5.74) is 0.418. The van der Waals surface area contributed by atoms with Crippen molar-refractivity contribution in [1.82, 2.24) is 5.32 Å². The zero-order valence-corrected chi connectivity index (χ0v) is 11.1. The van der Waals surface area contributed by atoms with Gasteiger partial charge in [0.05, 0.1) is 4.92 Å². The molecule has 102 valence electrons. The van der Waals surface area contributed by atoms with E-state index in [4.69, 9.17) is 11.6 Å². The fourth-order valence-electron chi connectivity index (χ4n) is 2.40. The van der Waals surface area contributed by atoms with Crippen LogP contribution in [-0.2, 0) is 0 Å². The standard InChI is InChI=1S/C13H15ClN2O3/c14-8-10-2-1-3-12(10)15-13(17)9-4-6-11(7-5-9)16(18)19/h4-7,10,12H,1-3,8H2,(H,15,17). The largest absolute Gasteiger partial charge is 0.349 e. The van der Waals surface area contributed by atoms with Gasteiger partial charge in [-0.3, -0.25) is 14.9 Å². The lowest BCUT2D eigenvalue weighted by molar-refractivity contribution is -0.384. The average molecular weight is 283 g/mol. The van der Waals surface area contributed by atoms with Crippen LogP contribution in [0.25, 0.3) is 0 Å². The molecule has 2 unspecified atom stereocenters. The number of amides is 1. The smallest absolute Gasteiger partial charge is 0.269 e. The predicted molar refractivity (Wildman–Crippen MR) is 72.4 cm³/mol. The van der Waals surface area contributed by atoms with Crippen LogP contribution in [0.4, 0.5) is 5.69 Å². The minimum Gasteiger partial charge on any atom is -0.349 e. The van der Waals surface area contributed by atoms with Gasteiger partial charge in [-0.25, -0.2) is 0 Å². The lowest BCUT2D eigenvalue weighted by atomic mass is 10.1. The van der Waals surface area contributed by atoms with E-state index in [1.54, 1.807) is 0 Å². The van der Waals surface area contributed by atoms with Gasteiger partial charge in [-0.1, -0.05) is 6.42 Å². The summed E-state index contributed by atoms with van der Waals surface area (Å²) in [5, 5.41) is 13.5. The Morgan fingerprint density at radius 3 is 2.63 bits per heavy atom. The Balaban J connectivity index is 2.01. The lowest BCUT2D eigenvalue weighted by Gasteiger charge is -2.18. The van der Waals surface area contributed by atoms with Crippen molar-refractivity contribution in [3.8, 4) is 0 Å². The molecule has 0 heterocycles. The number of hydrogen-bond donors (Lipinski definition) is 1. The van der Waals surface area contributed by atoms with Gasteiger partial charge >= 0.3 is 0 Å². The van der Waals surface area contributed by atoms with Crippen LogP contribution in [0.3, 0.4) is 0 Å². The summed E-state index contributed by atoms with van der Waals surface area (Å²) < 4.78 is 0. The van der Waals surface area contributed by atoms with E-state index in [0.29, 0.717) is 17.4 Å². The van der Waals surface area contributed by atoms with Gasteiger partial charge in [-0.05, 0) is 30.9 Å². The van der Waals surface area contributed by atoms with Crippen LogP contribution in [-0.4, -0.2) is 22.8 Å². The number of rotatable bonds is 4. The number of benzene rings is 1. The number of hydrogen-bond acceptors (Lipinski definition) is 3. The lowest BCUT2D eigenvalue weighted by Crippen LogP contribution is -2.37. The number of carbonyl (C=O) groups excluding carboxylic acids is 1. The fraction of sp³-hybridized carbons (Fsp3) is 0.462. The average Bonchev–Trinajstić information content (AvgIpc) is 2.86. The number of halogens is 1. The summed E-state index contributed by atoms with van der Waals surface area (Å²) in [6.45, 7) is 0. The number of carbonyl (C=O) groups is 1. The quantitative estimate of drug-likeness (QED) is 0.524. The van der Waals surface area contributed by atoms with Crippen LogP contribution in [0.1, 0.15) is 29.6 Å². The van der Waals surface area contributed by atoms with E-state index in [1.807, 2.05) is 0 Å². The molecule has 0 bridgehead atoms. The second-order valence-electron chi connectivity index (χ2n) is 4.73. The number of nitrogens with one attached hydrogen (secondary N) is 1. The molecule has 0 aliphatic heterocycles. The Morgan fingerprint density at radius 2 is 2.05 bits per heavy atom. The van der Waals surface area contributed by atoms with Crippen molar-refractivity contribution in [2.75, 3.05) is 5.88 Å². The van der Waals surface area contributed by atoms with E-state index in [9.17, 15) is 14.9 Å². The number of nitro groups is 1. The Hall–Kier alpha value is -1.62. The van der Waals surface area contributed by atoms with Gasteiger partial charge in [0.15, 0.2) is 0 Å². The van der Waals surface area contributed by atoms with E-state index in [2.05, 4.69) is 5.32 Å². The topological polar surface area (TPSA) is 72.2 Å². The maximum atomic E-state index is 12.0. The van der Waals surface area contributed by atoms with Gasteiger partial charge in [0.2, 0.25) is 0 Å². The summed E-state index contributed by atoms with van der Waals surface area (Å²) in [4.78, 5) is 22.1. The summed E-state index contributed by atoms with van der Waals surface area (Å²) in [6.07, 6.45) is 3.05. The van der Waals surface area contributed by atoms with E-state index in [0.717, 1.165) is 19.3 Å². The Labute approximate surface area is 116 Å². The summed E-state index contributed by atoms with van der Waals surface area (Å²) >= 11 is 5.86. The molecule has 0 radical (unpaired) electrons. The summed E-state index contributed by atoms with van der Waals surface area (Å²) in [7, 11) is 0. The van der Waals surface area contributed by atoms with E-state index < -0.39 is 4.92 Å². The molecule has 1 aromatic rings. The van der Waals surface area contributed by atoms with Gasteiger partial charge in [-0.15, -0.1) is 11.6 Å². The molecule has 2 rings (SSSR count). The molecule has 1 aliphatic carbocycles. The molecule has 1 aliphatic rings. The van der Waals surface area contributed by atoms with Crippen molar-refractivity contribution in [2.45, 2.75) is 25.3 Å². The third-order valence-electron chi connectivity index (χ3n) is 3.51. The second-order valence-corrected chi connectivity index (χ2v) is 5.04. The normalized spacial score (nSPS) is 22.2. The molecule has 1 saturated carbocycles. The first-order valence-corrected chi connectivity index (χ1v) is 6.76. The molecule has 1 aromatic carbocycles. The van der Waals surface area contributed by atoms with Gasteiger partial charge < -0.3 is 5.32 Å². The van der Waals surface area contributed by atoms with Crippen molar-refractivity contribution in [1.29, 1.82) is 0 Å². The first-order chi connectivity index (χ1) is 9.11. The van der Waals surface area contributed by atoms with Crippen LogP contribution in [0.15, 0.2) is 24.3 Å². The van der Waals surface area contributed by atoms with Gasteiger partial charge in [-0.2, -0.15) is 0 Å². The van der Waals surface area contributed by atoms with Crippen LogP contribution >= 0.6 is 11.6 Å². The third kappa shape index (κ3) is 3.23. The molecular weight excluding hydrogens is 268 g/mol. The molecule has 1 N–H and O–H groups in total. The van der Waals surface area contributed by atoms with Crippen molar-refractivity contribution >= 4 is 23.2 Å². The zero-order chi connectivity index (χ0) is 13.8. The number of alkyl halides is 1. The first kappa shape index (κ1) is 13.8. The Morgan fingerprint density at radius 1 is 1.37 bits per heavy atom. The SMILES string of the molecule is O=C(NC1CCCC1CCl)c1ccc([N+](=O)[O-])cc1. The van der Waals surface area contributed by atoms with Crippen LogP contribution < -0.4 is 5.32 Å². The number of nitrogens with zero attached hydrogens (tertiary/aromatic N) is 1. The molecule has 6 heteroatoms. The molecule has 0 saturated heterocycles. The Kier molecular flexibility index (Phi) is 4.37. The minimum atomic E-state index is -0.484. The van der Waals surface area contributed by atoms with Gasteiger partial charge in [0, 0.05) is 29.6 Å². The second kappa shape index (κ2) is 6.02. The molecule has 5 nitrogen and oxygen atoms in total. The molecule has 0 spiro atoms. The maximum absolute atomic E-state index is 12.0. The summed E-state index contributed by atoms with van der Waals surface area (Å²) in [5.74, 6) is 0.672. The van der Waals surface area contributed by atoms with E-state index in [-0.39, 0.29) is 17.6 Å². The van der Waals surface area contributed by atoms with Crippen molar-refractivity contribution in [3.05, 3.63) is 39.9 Å². The Bertz CT molecular complexity index is 475. The third-order valence-corrected chi connectivity index (χ3v) is 3.91. The molecular formula is C13H15ClN2O3. The van der Waals surface area contributed by atoms with Gasteiger partial charge in [0.25, 0.3) is 11.6 Å². The monoisotopic (exact) mass is 282 g/mol. The van der Waals surface area contributed by atoms with Crippen molar-refractivity contribution < 1.29 is 9.72 Å². The summed E-state index contributed by atoms with van der Waals surface area (Å²) in [6, 6.07) is 5.72. The first-order valence-electron chi connectivity index (χ1n) is 6.23. The highest BCUT2D eigenvalue weighted by atomic mass is 35.5. The molecule has 19 heavy (non-hydrogen) atoms. The molecule has 0 aromatic heterocycles. The van der Waals surface area contributed by atoms with Crippen molar-refractivity contribution in [2.24, 2.45) is 5.92 Å². The fourth-order valence-corrected chi connectivity index (χ4v) is 2.77. The van der Waals surface area contributed by atoms with Crippen LogP contribution in [0, 0.1) is 16.0 Å². The number of nitro benzene ring substituents is 1. The van der Waals surface area contributed by atoms with Crippen LogP contribution in [0.2, 0.25) is 0 Å². The maximum Gasteiger partial charge on any atom is 0.269 e. The highest BCUT2D eigenvalue weighted by Gasteiger charge is 2.28. The van der Waals surface area contributed by atoms with Gasteiger partial charge in [0.1, 0.15) is 0 Å². The number of non-ortho nitro benzene ring substituents is 1. The zero-order valence-electron chi connectivity index (χ0n) is 10.3. The molecule has 1 fully saturated rings. The molecule has 1 amide bonds. The van der Waals surface area contributed by atoms with E-state index >= 15 is 0 Å².